The van der Waals surface area contributed by atoms with E-state index < -0.39 is 0 Å². The van der Waals surface area contributed by atoms with E-state index in [-0.39, 0.29) is 23.3 Å². The summed E-state index contributed by atoms with van der Waals surface area (Å²) in [5.41, 5.74) is 2.55. The molecule has 2 heterocycles. The highest BCUT2D eigenvalue weighted by atomic mass is 16.5. The van der Waals surface area contributed by atoms with Crippen molar-refractivity contribution in [3.8, 4) is 0 Å². The van der Waals surface area contributed by atoms with Crippen molar-refractivity contribution in [1.29, 1.82) is 0 Å². The van der Waals surface area contributed by atoms with Gasteiger partial charge in [0.2, 0.25) is 5.91 Å². The first-order chi connectivity index (χ1) is 14.6. The van der Waals surface area contributed by atoms with Crippen LogP contribution in [0.1, 0.15) is 25.3 Å². The van der Waals surface area contributed by atoms with Crippen LogP contribution in [-0.2, 0) is 16.0 Å². The number of benzene rings is 2. The van der Waals surface area contributed by atoms with Crippen molar-refractivity contribution in [2.75, 3.05) is 36.9 Å². The standard InChI is InChI=1S/C24H29N3O3/c1-2-18-8-10-20(11-9-18)26-23(29)27-16-21(24(17-27)12-14-30-15-13-24)22(28)25-19-6-4-3-5-7-19/h3-11,21H,2,12-17H2,1H3,(H,25,28)(H,26,29). The number of nitrogens with zero attached hydrogens (tertiary/aromatic N) is 1. The lowest BCUT2D eigenvalue weighted by Crippen LogP contribution is -2.42. The number of ether oxygens (including phenoxy) is 1. The van der Waals surface area contributed by atoms with Crippen molar-refractivity contribution < 1.29 is 14.3 Å². The molecule has 2 N–H and O–H groups in total. The molecule has 3 amide bonds. The van der Waals surface area contributed by atoms with Gasteiger partial charge in [0.1, 0.15) is 0 Å². The van der Waals surface area contributed by atoms with Crippen LogP contribution in [0.5, 0.6) is 0 Å². The molecular weight excluding hydrogens is 378 g/mol. The largest absolute Gasteiger partial charge is 0.381 e. The Morgan fingerprint density at radius 2 is 1.67 bits per heavy atom. The highest BCUT2D eigenvalue weighted by Crippen LogP contribution is 2.45. The SMILES string of the molecule is CCc1ccc(NC(=O)N2CC(C(=O)Nc3ccccc3)C3(CCOCC3)C2)cc1. The fourth-order valence-corrected chi connectivity index (χ4v) is 4.55. The van der Waals surface area contributed by atoms with Crippen molar-refractivity contribution in [1.82, 2.24) is 4.90 Å². The van der Waals surface area contributed by atoms with Gasteiger partial charge in [0.05, 0.1) is 5.92 Å². The molecule has 2 aromatic carbocycles. The Morgan fingerprint density at radius 3 is 2.33 bits per heavy atom. The van der Waals surface area contributed by atoms with Crippen molar-refractivity contribution in [3.05, 3.63) is 60.2 Å². The second-order valence-electron chi connectivity index (χ2n) is 8.24. The van der Waals surface area contributed by atoms with Crippen LogP contribution in [0.3, 0.4) is 0 Å². The number of urea groups is 1. The Labute approximate surface area is 177 Å². The summed E-state index contributed by atoms with van der Waals surface area (Å²) >= 11 is 0. The van der Waals surface area contributed by atoms with Crippen LogP contribution in [0.15, 0.2) is 54.6 Å². The van der Waals surface area contributed by atoms with Gasteiger partial charge in [-0.15, -0.1) is 0 Å². The Bertz CT molecular complexity index is 876. The Kier molecular flexibility index (Phi) is 6.04. The van der Waals surface area contributed by atoms with Gasteiger partial charge in [-0.3, -0.25) is 4.79 Å². The van der Waals surface area contributed by atoms with Crippen LogP contribution < -0.4 is 10.6 Å². The molecule has 2 aliphatic rings. The number of aryl methyl sites for hydroxylation is 1. The maximum Gasteiger partial charge on any atom is 0.321 e. The zero-order valence-corrected chi connectivity index (χ0v) is 17.4. The first-order valence-corrected chi connectivity index (χ1v) is 10.7. The minimum atomic E-state index is -0.255. The summed E-state index contributed by atoms with van der Waals surface area (Å²) in [6.45, 7) is 4.34. The lowest BCUT2D eigenvalue weighted by molar-refractivity contribution is -0.124. The lowest BCUT2D eigenvalue weighted by atomic mass is 9.71. The van der Waals surface area contributed by atoms with Gasteiger partial charge < -0.3 is 20.3 Å². The number of hydrogen-bond donors (Lipinski definition) is 2. The average molecular weight is 408 g/mol. The molecule has 0 aliphatic carbocycles. The fraction of sp³-hybridized carbons (Fsp3) is 0.417. The van der Waals surface area contributed by atoms with Crippen molar-refractivity contribution in [2.24, 2.45) is 11.3 Å². The Hall–Kier alpha value is -2.86. The molecule has 2 aromatic rings. The number of carbonyl (C=O) groups is 2. The molecule has 158 valence electrons. The smallest absolute Gasteiger partial charge is 0.321 e. The summed E-state index contributed by atoms with van der Waals surface area (Å²) in [6.07, 6.45) is 2.53. The van der Waals surface area contributed by atoms with Crippen LogP contribution >= 0.6 is 0 Å². The zero-order chi connectivity index (χ0) is 21.0. The third-order valence-corrected chi connectivity index (χ3v) is 6.39. The van der Waals surface area contributed by atoms with E-state index in [0.717, 1.165) is 30.6 Å². The number of rotatable bonds is 4. The van der Waals surface area contributed by atoms with Gasteiger partial charge in [-0.05, 0) is 49.1 Å². The molecule has 1 spiro atoms. The molecular formula is C24H29N3O3. The Balaban J connectivity index is 1.48. The minimum absolute atomic E-state index is 0.0225. The highest BCUT2D eigenvalue weighted by molar-refractivity contribution is 5.95. The summed E-state index contributed by atoms with van der Waals surface area (Å²) in [5.74, 6) is -0.277. The topological polar surface area (TPSA) is 70.7 Å². The quantitative estimate of drug-likeness (QED) is 0.800. The molecule has 0 bridgehead atoms. The molecule has 2 saturated heterocycles. The predicted molar refractivity (Wildman–Crippen MR) is 117 cm³/mol. The number of anilines is 2. The molecule has 0 aromatic heterocycles. The monoisotopic (exact) mass is 407 g/mol. The Morgan fingerprint density at radius 1 is 1.00 bits per heavy atom. The van der Waals surface area contributed by atoms with Gasteiger partial charge >= 0.3 is 6.03 Å². The van der Waals surface area contributed by atoms with E-state index in [4.69, 9.17) is 4.74 Å². The van der Waals surface area contributed by atoms with E-state index in [1.165, 1.54) is 5.56 Å². The molecule has 0 radical (unpaired) electrons. The van der Waals surface area contributed by atoms with Gasteiger partial charge in [0, 0.05) is 43.1 Å². The maximum atomic E-state index is 13.2. The molecule has 0 saturated carbocycles. The average Bonchev–Trinajstić information content (AvgIpc) is 3.14. The molecule has 2 aliphatic heterocycles. The second-order valence-corrected chi connectivity index (χ2v) is 8.24. The molecule has 30 heavy (non-hydrogen) atoms. The lowest BCUT2D eigenvalue weighted by Gasteiger charge is -2.37. The molecule has 6 heteroatoms. The third-order valence-electron chi connectivity index (χ3n) is 6.39. The molecule has 6 nitrogen and oxygen atoms in total. The fourth-order valence-electron chi connectivity index (χ4n) is 4.55. The van der Waals surface area contributed by atoms with Crippen LogP contribution in [0, 0.1) is 11.3 Å². The van der Waals surface area contributed by atoms with E-state index in [1.807, 2.05) is 54.6 Å². The van der Waals surface area contributed by atoms with Crippen molar-refractivity contribution >= 4 is 23.3 Å². The van der Waals surface area contributed by atoms with Crippen LogP contribution in [0.25, 0.3) is 0 Å². The predicted octanol–water partition coefficient (Wildman–Crippen LogP) is 4.15. The van der Waals surface area contributed by atoms with Crippen molar-refractivity contribution in [2.45, 2.75) is 26.2 Å². The first-order valence-electron chi connectivity index (χ1n) is 10.7. The second kappa shape index (κ2) is 8.88. The summed E-state index contributed by atoms with van der Waals surface area (Å²) in [5, 5.41) is 6.03. The van der Waals surface area contributed by atoms with E-state index in [1.54, 1.807) is 4.90 Å². The number of nitrogens with one attached hydrogen (secondary N) is 2. The summed E-state index contributed by atoms with van der Waals surface area (Å²) < 4.78 is 5.56. The van der Waals surface area contributed by atoms with E-state index in [2.05, 4.69) is 17.6 Å². The zero-order valence-electron chi connectivity index (χ0n) is 17.4. The maximum absolute atomic E-state index is 13.2. The van der Waals surface area contributed by atoms with Gasteiger partial charge in [-0.25, -0.2) is 4.79 Å². The summed E-state index contributed by atoms with van der Waals surface area (Å²) in [4.78, 5) is 27.9. The van der Waals surface area contributed by atoms with Crippen molar-refractivity contribution in [3.63, 3.8) is 0 Å². The number of likely N-dealkylation sites (tertiary alicyclic amines) is 1. The molecule has 4 rings (SSSR count). The molecule has 1 atom stereocenters. The van der Waals surface area contributed by atoms with Gasteiger partial charge in [0.15, 0.2) is 0 Å². The van der Waals surface area contributed by atoms with Crippen LogP contribution in [0.2, 0.25) is 0 Å². The van der Waals surface area contributed by atoms with E-state index >= 15 is 0 Å². The van der Waals surface area contributed by atoms with Gasteiger partial charge in [0.25, 0.3) is 0 Å². The van der Waals surface area contributed by atoms with Gasteiger partial charge in [-0.1, -0.05) is 37.3 Å². The molecule has 1 unspecified atom stereocenters. The van der Waals surface area contributed by atoms with Crippen LogP contribution in [0.4, 0.5) is 16.2 Å². The van der Waals surface area contributed by atoms with E-state index in [9.17, 15) is 9.59 Å². The highest BCUT2D eigenvalue weighted by Gasteiger charge is 2.51. The number of carbonyl (C=O) groups excluding carboxylic acids is 2. The number of amides is 3. The van der Waals surface area contributed by atoms with Gasteiger partial charge in [-0.2, -0.15) is 0 Å². The summed E-state index contributed by atoms with van der Waals surface area (Å²) in [7, 11) is 0. The van der Waals surface area contributed by atoms with E-state index in [0.29, 0.717) is 26.3 Å². The van der Waals surface area contributed by atoms with Crippen LogP contribution in [-0.4, -0.2) is 43.1 Å². The normalized spacial score (nSPS) is 20.2. The summed E-state index contributed by atoms with van der Waals surface area (Å²) in [6, 6.07) is 17.2. The minimum Gasteiger partial charge on any atom is -0.381 e. The first kappa shape index (κ1) is 20.4. The third kappa shape index (κ3) is 4.33. The number of para-hydroxylation sites is 1. The number of hydrogen-bond acceptors (Lipinski definition) is 3. The molecule has 2 fully saturated rings.